The zero-order valence-electron chi connectivity index (χ0n) is 11.8. The predicted molar refractivity (Wildman–Crippen MR) is 73.6 cm³/mol. The lowest BCUT2D eigenvalue weighted by Gasteiger charge is -2.15. The summed E-state index contributed by atoms with van der Waals surface area (Å²) < 4.78 is 0. The van der Waals surface area contributed by atoms with Crippen LogP contribution in [0.4, 0.5) is 0 Å². The Bertz CT molecular complexity index is 291. The number of hydrogen-bond donors (Lipinski definition) is 0. The fourth-order valence-corrected chi connectivity index (χ4v) is 3.14. The highest BCUT2D eigenvalue weighted by molar-refractivity contribution is 5.48. The Morgan fingerprint density at radius 2 is 1.62 bits per heavy atom. The summed E-state index contributed by atoms with van der Waals surface area (Å²) in [4.78, 5) is 0. The summed E-state index contributed by atoms with van der Waals surface area (Å²) in [6.45, 7) is 11.6. The molecule has 0 radical (unpaired) electrons. The van der Waals surface area contributed by atoms with Gasteiger partial charge in [-0.05, 0) is 50.7 Å². The van der Waals surface area contributed by atoms with Gasteiger partial charge in [-0.1, -0.05) is 44.8 Å². The third kappa shape index (κ3) is 2.59. The Morgan fingerprint density at radius 3 is 2.12 bits per heavy atom. The van der Waals surface area contributed by atoms with Gasteiger partial charge in [0.2, 0.25) is 0 Å². The van der Waals surface area contributed by atoms with Gasteiger partial charge in [-0.3, -0.25) is 0 Å². The Labute approximate surface area is 102 Å². The summed E-state index contributed by atoms with van der Waals surface area (Å²) in [6, 6.07) is 0. The summed E-state index contributed by atoms with van der Waals surface area (Å²) in [5.74, 6) is 0.771. The third-order valence-corrected chi connectivity index (χ3v) is 4.06. The van der Waals surface area contributed by atoms with Crippen LogP contribution in [0.15, 0.2) is 22.3 Å². The highest BCUT2D eigenvalue weighted by Gasteiger charge is 2.26. The molecule has 1 aliphatic rings. The van der Waals surface area contributed by atoms with Gasteiger partial charge < -0.3 is 0 Å². The van der Waals surface area contributed by atoms with Crippen molar-refractivity contribution in [3.8, 4) is 0 Å². The van der Waals surface area contributed by atoms with E-state index in [0.29, 0.717) is 0 Å². The zero-order chi connectivity index (χ0) is 12.1. The molecule has 1 unspecified atom stereocenters. The molecule has 1 atom stereocenters. The van der Waals surface area contributed by atoms with Gasteiger partial charge in [0.05, 0.1) is 0 Å². The summed E-state index contributed by atoms with van der Waals surface area (Å²) in [7, 11) is 0. The average Bonchev–Trinajstić information content (AvgIpc) is 2.50. The first-order valence-electron chi connectivity index (χ1n) is 7.06. The topological polar surface area (TPSA) is 0 Å². The normalized spacial score (nSPS) is 21.2. The van der Waals surface area contributed by atoms with Crippen LogP contribution in [0.5, 0.6) is 0 Å². The predicted octanol–water partition coefficient (Wildman–Crippen LogP) is 5.65. The van der Waals surface area contributed by atoms with Crippen molar-refractivity contribution in [2.75, 3.05) is 0 Å². The molecular formula is C16H28. The summed E-state index contributed by atoms with van der Waals surface area (Å²) in [5, 5.41) is 0. The molecule has 0 bridgehead atoms. The van der Waals surface area contributed by atoms with E-state index in [1.807, 2.05) is 0 Å². The second-order valence-corrected chi connectivity index (χ2v) is 5.13. The fourth-order valence-electron chi connectivity index (χ4n) is 3.14. The molecule has 0 aromatic heterocycles. The second-order valence-electron chi connectivity index (χ2n) is 5.13. The Morgan fingerprint density at radius 1 is 0.938 bits per heavy atom. The molecule has 92 valence electrons. The highest BCUT2D eigenvalue weighted by Crippen LogP contribution is 2.42. The lowest BCUT2D eigenvalue weighted by Crippen LogP contribution is -2.01. The van der Waals surface area contributed by atoms with Crippen molar-refractivity contribution in [1.29, 1.82) is 0 Å². The van der Waals surface area contributed by atoms with E-state index < -0.39 is 0 Å². The minimum absolute atomic E-state index is 0.771. The van der Waals surface area contributed by atoms with E-state index in [-0.39, 0.29) is 0 Å². The lowest BCUT2D eigenvalue weighted by atomic mass is 9.90. The highest BCUT2D eigenvalue weighted by atomic mass is 14.3. The SMILES string of the molecule is CCCCC1=C(C)C(CCC)=C(C)C1CC. The summed E-state index contributed by atoms with van der Waals surface area (Å²) in [6.07, 6.45) is 7.84. The Balaban J connectivity index is 2.90. The molecule has 0 saturated heterocycles. The molecule has 0 heterocycles. The third-order valence-electron chi connectivity index (χ3n) is 4.06. The quantitative estimate of drug-likeness (QED) is 0.542. The van der Waals surface area contributed by atoms with E-state index in [4.69, 9.17) is 0 Å². The number of allylic oxidation sites excluding steroid dienone is 4. The van der Waals surface area contributed by atoms with Gasteiger partial charge in [0, 0.05) is 5.92 Å². The van der Waals surface area contributed by atoms with Crippen LogP contribution >= 0.6 is 0 Å². The van der Waals surface area contributed by atoms with Crippen molar-refractivity contribution in [3.05, 3.63) is 22.3 Å². The van der Waals surface area contributed by atoms with Crippen LogP contribution in [0.2, 0.25) is 0 Å². The molecule has 0 saturated carbocycles. The minimum atomic E-state index is 0.771. The van der Waals surface area contributed by atoms with Crippen LogP contribution in [0.1, 0.15) is 73.1 Å². The van der Waals surface area contributed by atoms with Crippen LogP contribution in [0.3, 0.4) is 0 Å². The van der Waals surface area contributed by atoms with Crippen LogP contribution in [-0.2, 0) is 0 Å². The molecule has 0 nitrogen and oxygen atoms in total. The number of rotatable bonds is 6. The summed E-state index contributed by atoms with van der Waals surface area (Å²) >= 11 is 0. The first-order valence-corrected chi connectivity index (χ1v) is 7.06. The fraction of sp³-hybridized carbons (Fsp3) is 0.750. The largest absolute Gasteiger partial charge is 0.0654 e. The standard InChI is InChI=1S/C16H28/c1-6-9-11-16-13(5)15(10-7-2)12(4)14(16)8-3/h14H,6-11H2,1-5H3. The molecule has 1 rings (SSSR count). The molecule has 0 aliphatic heterocycles. The molecule has 16 heavy (non-hydrogen) atoms. The van der Waals surface area contributed by atoms with Crippen molar-refractivity contribution in [2.45, 2.75) is 73.1 Å². The lowest BCUT2D eigenvalue weighted by molar-refractivity contribution is 0.636. The molecule has 0 N–H and O–H groups in total. The van der Waals surface area contributed by atoms with Crippen LogP contribution in [-0.4, -0.2) is 0 Å². The van der Waals surface area contributed by atoms with Gasteiger partial charge >= 0.3 is 0 Å². The zero-order valence-corrected chi connectivity index (χ0v) is 11.8. The molecule has 1 aliphatic carbocycles. The van der Waals surface area contributed by atoms with Gasteiger partial charge in [0.25, 0.3) is 0 Å². The van der Waals surface area contributed by atoms with Crippen molar-refractivity contribution in [2.24, 2.45) is 5.92 Å². The second kappa shape index (κ2) is 6.27. The van der Waals surface area contributed by atoms with Crippen LogP contribution in [0, 0.1) is 5.92 Å². The molecule has 0 heteroatoms. The van der Waals surface area contributed by atoms with E-state index in [2.05, 4.69) is 34.6 Å². The van der Waals surface area contributed by atoms with E-state index in [0.717, 1.165) is 5.92 Å². The maximum atomic E-state index is 2.36. The molecule has 0 aromatic rings. The maximum absolute atomic E-state index is 2.36. The molecular weight excluding hydrogens is 192 g/mol. The van der Waals surface area contributed by atoms with Crippen molar-refractivity contribution >= 4 is 0 Å². The van der Waals surface area contributed by atoms with Crippen LogP contribution in [0.25, 0.3) is 0 Å². The van der Waals surface area contributed by atoms with Crippen molar-refractivity contribution < 1.29 is 0 Å². The van der Waals surface area contributed by atoms with E-state index >= 15 is 0 Å². The van der Waals surface area contributed by atoms with E-state index in [9.17, 15) is 0 Å². The van der Waals surface area contributed by atoms with E-state index in [1.165, 1.54) is 38.5 Å². The molecule has 0 fully saturated rings. The monoisotopic (exact) mass is 220 g/mol. The average molecular weight is 220 g/mol. The van der Waals surface area contributed by atoms with Crippen LogP contribution < -0.4 is 0 Å². The molecule has 0 spiro atoms. The summed E-state index contributed by atoms with van der Waals surface area (Å²) in [5.41, 5.74) is 6.75. The number of unbranched alkanes of at least 4 members (excludes halogenated alkanes) is 1. The first-order chi connectivity index (χ1) is 7.67. The first kappa shape index (κ1) is 13.5. The van der Waals surface area contributed by atoms with Crippen molar-refractivity contribution in [1.82, 2.24) is 0 Å². The van der Waals surface area contributed by atoms with Gasteiger partial charge in [-0.2, -0.15) is 0 Å². The van der Waals surface area contributed by atoms with Gasteiger partial charge in [0.1, 0.15) is 0 Å². The van der Waals surface area contributed by atoms with Gasteiger partial charge in [-0.25, -0.2) is 0 Å². The minimum Gasteiger partial charge on any atom is -0.0654 e. The van der Waals surface area contributed by atoms with Crippen molar-refractivity contribution in [3.63, 3.8) is 0 Å². The molecule has 0 aromatic carbocycles. The van der Waals surface area contributed by atoms with Gasteiger partial charge in [0.15, 0.2) is 0 Å². The Hall–Kier alpha value is -0.520. The van der Waals surface area contributed by atoms with E-state index in [1.54, 1.807) is 22.3 Å². The number of hydrogen-bond acceptors (Lipinski definition) is 0. The maximum Gasteiger partial charge on any atom is 0.00133 e. The smallest absolute Gasteiger partial charge is 0.00133 e. The van der Waals surface area contributed by atoms with Gasteiger partial charge in [-0.15, -0.1) is 0 Å². The Kier molecular flexibility index (Phi) is 5.31. The molecule has 0 amide bonds.